The van der Waals surface area contributed by atoms with E-state index in [4.69, 9.17) is 5.73 Å². The molecule has 0 aromatic rings. The predicted molar refractivity (Wildman–Crippen MR) is 41.9 cm³/mol. The number of nitrogens with two attached hydrogens (primary N) is 1. The smallest absolute Gasteiger partial charge is 0.241 e. The second kappa shape index (κ2) is 1.97. The molecule has 1 unspecified atom stereocenters. The van der Waals surface area contributed by atoms with Gasteiger partial charge in [0.05, 0.1) is 0 Å². The van der Waals surface area contributed by atoms with Gasteiger partial charge < -0.3 is 10.6 Å². The van der Waals surface area contributed by atoms with Crippen molar-refractivity contribution in [1.29, 1.82) is 0 Å². The van der Waals surface area contributed by atoms with Crippen molar-refractivity contribution >= 4 is 5.91 Å². The second-order valence-electron chi connectivity index (χ2n) is 3.91. The van der Waals surface area contributed by atoms with Gasteiger partial charge in [-0.2, -0.15) is 0 Å². The van der Waals surface area contributed by atoms with Crippen molar-refractivity contribution in [2.24, 2.45) is 5.73 Å². The van der Waals surface area contributed by atoms with Crippen LogP contribution < -0.4 is 5.73 Å². The molecular weight excluding hydrogens is 140 g/mol. The van der Waals surface area contributed by atoms with Gasteiger partial charge >= 0.3 is 0 Å². The van der Waals surface area contributed by atoms with E-state index in [0.29, 0.717) is 0 Å². The minimum Gasteiger partial charge on any atom is -0.334 e. The number of hydrogen-bond acceptors (Lipinski definition) is 2. The number of β-lactam (4-membered cyclic amide) rings is 1. The first-order chi connectivity index (χ1) is 5.13. The van der Waals surface area contributed by atoms with E-state index >= 15 is 0 Å². The highest BCUT2D eigenvalue weighted by Crippen LogP contribution is 2.39. The molecule has 3 nitrogen and oxygen atoms in total. The van der Waals surface area contributed by atoms with Crippen LogP contribution in [-0.2, 0) is 4.79 Å². The molecule has 1 atom stereocenters. The van der Waals surface area contributed by atoms with Crippen molar-refractivity contribution in [2.45, 2.75) is 37.8 Å². The summed E-state index contributed by atoms with van der Waals surface area (Å²) in [6.45, 7) is 2.93. The van der Waals surface area contributed by atoms with Crippen molar-refractivity contribution in [1.82, 2.24) is 4.90 Å². The average molecular weight is 154 g/mol. The van der Waals surface area contributed by atoms with E-state index in [0.717, 1.165) is 19.4 Å². The van der Waals surface area contributed by atoms with Crippen molar-refractivity contribution in [2.75, 3.05) is 6.54 Å². The van der Waals surface area contributed by atoms with Crippen LogP contribution >= 0.6 is 0 Å². The lowest BCUT2D eigenvalue weighted by molar-refractivity contribution is -0.155. The third-order valence-corrected chi connectivity index (χ3v) is 3.04. The first-order valence-corrected chi connectivity index (χ1v) is 4.20. The summed E-state index contributed by atoms with van der Waals surface area (Å²) in [6, 6.07) is -0.201. The van der Waals surface area contributed by atoms with Gasteiger partial charge in [0.2, 0.25) is 5.91 Å². The lowest BCUT2D eigenvalue weighted by Crippen LogP contribution is -2.69. The maximum Gasteiger partial charge on any atom is 0.241 e. The Morgan fingerprint density at radius 1 is 1.64 bits per heavy atom. The standard InChI is InChI=1S/C8H14N2O/c1-8(3-2-4-8)10-5-6(9)7(10)11/h6H,2-5,9H2,1H3. The van der Waals surface area contributed by atoms with Crippen LogP contribution in [0.2, 0.25) is 0 Å². The highest BCUT2D eigenvalue weighted by Gasteiger charge is 2.47. The van der Waals surface area contributed by atoms with Gasteiger partial charge in [-0.25, -0.2) is 0 Å². The lowest BCUT2D eigenvalue weighted by Gasteiger charge is -2.54. The number of likely N-dealkylation sites (tertiary alicyclic amines) is 1. The topological polar surface area (TPSA) is 46.3 Å². The largest absolute Gasteiger partial charge is 0.334 e. The van der Waals surface area contributed by atoms with Crippen LogP contribution in [0.15, 0.2) is 0 Å². The van der Waals surface area contributed by atoms with Crippen molar-refractivity contribution in [3.8, 4) is 0 Å². The van der Waals surface area contributed by atoms with Crippen LogP contribution in [-0.4, -0.2) is 28.9 Å². The van der Waals surface area contributed by atoms with E-state index in [9.17, 15) is 4.79 Å². The first kappa shape index (κ1) is 7.10. The van der Waals surface area contributed by atoms with E-state index in [1.54, 1.807) is 0 Å². The molecule has 0 aromatic carbocycles. The molecule has 1 saturated heterocycles. The number of nitrogens with zero attached hydrogens (tertiary/aromatic N) is 1. The summed E-state index contributed by atoms with van der Waals surface area (Å²) in [5, 5.41) is 0. The molecule has 1 saturated carbocycles. The molecule has 1 aliphatic carbocycles. The molecule has 2 fully saturated rings. The minimum atomic E-state index is -0.201. The lowest BCUT2D eigenvalue weighted by atomic mass is 9.75. The van der Waals surface area contributed by atoms with E-state index in [1.165, 1.54) is 6.42 Å². The van der Waals surface area contributed by atoms with Crippen LogP contribution in [0, 0.1) is 0 Å². The SMILES string of the molecule is CC1(N2CC(N)C2=O)CCC1. The van der Waals surface area contributed by atoms with Crippen LogP contribution in [0.4, 0.5) is 0 Å². The van der Waals surface area contributed by atoms with Gasteiger partial charge in [-0.1, -0.05) is 0 Å². The van der Waals surface area contributed by atoms with Crippen LogP contribution in [0.25, 0.3) is 0 Å². The highest BCUT2D eigenvalue weighted by molar-refractivity contribution is 5.88. The fourth-order valence-corrected chi connectivity index (χ4v) is 1.90. The summed E-state index contributed by atoms with van der Waals surface area (Å²) in [5.41, 5.74) is 5.67. The molecule has 3 heteroatoms. The molecular formula is C8H14N2O. The van der Waals surface area contributed by atoms with Crippen molar-refractivity contribution < 1.29 is 4.79 Å². The maximum atomic E-state index is 11.2. The maximum absolute atomic E-state index is 11.2. The Bertz CT molecular complexity index is 198. The first-order valence-electron chi connectivity index (χ1n) is 4.20. The van der Waals surface area contributed by atoms with Crippen molar-refractivity contribution in [3.63, 3.8) is 0 Å². The minimum absolute atomic E-state index is 0.146. The molecule has 1 amide bonds. The zero-order valence-corrected chi connectivity index (χ0v) is 6.84. The van der Waals surface area contributed by atoms with Crippen LogP contribution in [0.3, 0.4) is 0 Å². The summed E-state index contributed by atoms with van der Waals surface area (Å²) in [4.78, 5) is 13.1. The normalized spacial score (nSPS) is 34.5. The molecule has 1 heterocycles. The molecule has 11 heavy (non-hydrogen) atoms. The quantitative estimate of drug-likeness (QED) is 0.544. The van der Waals surface area contributed by atoms with Crippen LogP contribution in [0.1, 0.15) is 26.2 Å². The number of hydrogen-bond donors (Lipinski definition) is 1. The Balaban J connectivity index is 2.02. The number of carbonyl (C=O) groups is 1. The van der Waals surface area contributed by atoms with Crippen LogP contribution in [0.5, 0.6) is 0 Å². The molecule has 62 valence electrons. The van der Waals surface area contributed by atoms with Gasteiger partial charge in [0.1, 0.15) is 6.04 Å². The van der Waals surface area contributed by atoms with E-state index in [-0.39, 0.29) is 17.5 Å². The second-order valence-corrected chi connectivity index (χ2v) is 3.91. The van der Waals surface area contributed by atoms with E-state index < -0.39 is 0 Å². The Morgan fingerprint density at radius 3 is 2.55 bits per heavy atom. The predicted octanol–water partition coefficient (Wildman–Crippen LogP) is 0.0985. The Morgan fingerprint density at radius 2 is 2.27 bits per heavy atom. The highest BCUT2D eigenvalue weighted by atomic mass is 16.2. The number of carbonyl (C=O) groups excluding carboxylic acids is 1. The Hall–Kier alpha value is -0.570. The number of amides is 1. The molecule has 2 N–H and O–H groups in total. The fraction of sp³-hybridized carbons (Fsp3) is 0.875. The van der Waals surface area contributed by atoms with Gasteiger partial charge in [-0.3, -0.25) is 4.79 Å². The van der Waals surface area contributed by atoms with E-state index in [1.807, 2.05) is 4.90 Å². The van der Waals surface area contributed by atoms with Gasteiger partial charge in [0, 0.05) is 12.1 Å². The summed E-state index contributed by atoms with van der Waals surface area (Å²) in [7, 11) is 0. The summed E-state index contributed by atoms with van der Waals surface area (Å²) in [5.74, 6) is 0.146. The molecule has 0 aromatic heterocycles. The monoisotopic (exact) mass is 154 g/mol. The summed E-state index contributed by atoms with van der Waals surface area (Å²) in [6.07, 6.45) is 3.58. The number of rotatable bonds is 1. The summed E-state index contributed by atoms with van der Waals surface area (Å²) < 4.78 is 0. The molecule has 2 rings (SSSR count). The van der Waals surface area contributed by atoms with Gasteiger partial charge in [0.25, 0.3) is 0 Å². The Kier molecular flexibility index (Phi) is 1.27. The van der Waals surface area contributed by atoms with Gasteiger partial charge in [-0.05, 0) is 26.2 Å². The molecule has 0 bridgehead atoms. The zero-order valence-electron chi connectivity index (χ0n) is 6.84. The summed E-state index contributed by atoms with van der Waals surface area (Å²) >= 11 is 0. The third kappa shape index (κ3) is 0.805. The Labute approximate surface area is 66.5 Å². The van der Waals surface area contributed by atoms with Gasteiger partial charge in [0.15, 0.2) is 0 Å². The van der Waals surface area contributed by atoms with Gasteiger partial charge in [-0.15, -0.1) is 0 Å². The van der Waals surface area contributed by atoms with Crippen molar-refractivity contribution in [3.05, 3.63) is 0 Å². The fourth-order valence-electron chi connectivity index (χ4n) is 1.90. The molecule has 0 radical (unpaired) electrons. The van der Waals surface area contributed by atoms with E-state index in [2.05, 4.69) is 6.92 Å². The third-order valence-electron chi connectivity index (χ3n) is 3.04. The average Bonchev–Trinajstić information content (AvgIpc) is 1.95. The molecule has 1 aliphatic heterocycles. The molecule has 0 spiro atoms. The zero-order chi connectivity index (χ0) is 8.06. The molecule has 2 aliphatic rings.